The summed E-state index contributed by atoms with van der Waals surface area (Å²) in [5.74, 6) is -0.492. The number of carbonyl (C=O) groups is 2. The molecule has 13 heteroatoms. The number of anilines is 1. The molecule has 4 aromatic rings. The van der Waals surface area contributed by atoms with Crippen LogP contribution in [0.2, 0.25) is 0 Å². The van der Waals surface area contributed by atoms with Crippen molar-refractivity contribution in [2.24, 2.45) is 0 Å². The molecular formula is C24H24N8O5. The van der Waals surface area contributed by atoms with Crippen LogP contribution < -0.4 is 16.6 Å². The Hall–Kier alpha value is -4.52. The van der Waals surface area contributed by atoms with E-state index in [1.165, 1.54) is 37.0 Å². The van der Waals surface area contributed by atoms with Gasteiger partial charge in [0.1, 0.15) is 11.6 Å². The average molecular weight is 505 g/mol. The van der Waals surface area contributed by atoms with Crippen molar-refractivity contribution >= 4 is 39.7 Å². The number of aliphatic hydroxyl groups excluding tert-OH is 1. The van der Waals surface area contributed by atoms with Crippen molar-refractivity contribution in [2.75, 3.05) is 18.4 Å². The number of carbonyl (C=O) groups excluding carboxylic acids is 2. The van der Waals surface area contributed by atoms with Gasteiger partial charge in [-0.2, -0.15) is 0 Å². The van der Waals surface area contributed by atoms with Gasteiger partial charge in [0.05, 0.1) is 22.1 Å². The third kappa shape index (κ3) is 4.56. The van der Waals surface area contributed by atoms with Gasteiger partial charge in [0, 0.05) is 50.2 Å². The van der Waals surface area contributed by atoms with Crippen molar-refractivity contribution in [2.45, 2.75) is 38.8 Å². The van der Waals surface area contributed by atoms with Gasteiger partial charge in [-0.25, -0.2) is 19.7 Å². The molecule has 1 atom stereocenters. The molecule has 1 fully saturated rings. The lowest BCUT2D eigenvalue weighted by Gasteiger charge is -2.34. The summed E-state index contributed by atoms with van der Waals surface area (Å²) in [6.45, 7) is 3.51. The number of fused-ring (bicyclic) bond motifs is 3. The van der Waals surface area contributed by atoms with Crippen LogP contribution in [0, 0.1) is 0 Å². The van der Waals surface area contributed by atoms with Gasteiger partial charge in [-0.15, -0.1) is 0 Å². The molecule has 5 heterocycles. The molecule has 13 nitrogen and oxygen atoms in total. The van der Waals surface area contributed by atoms with E-state index in [9.17, 15) is 24.3 Å². The number of likely N-dealkylation sites (tertiary alicyclic amines) is 1. The highest BCUT2D eigenvalue weighted by Gasteiger charge is 2.28. The van der Waals surface area contributed by atoms with Crippen LogP contribution in [-0.4, -0.2) is 70.5 Å². The zero-order chi connectivity index (χ0) is 26.3. The molecule has 1 saturated heterocycles. The van der Waals surface area contributed by atoms with E-state index in [-0.39, 0.29) is 29.2 Å². The number of aliphatic hydroxyl groups is 1. The fourth-order valence-electron chi connectivity index (χ4n) is 4.59. The third-order valence-corrected chi connectivity index (χ3v) is 6.35. The Morgan fingerprint density at radius 2 is 1.81 bits per heavy atom. The zero-order valence-electron chi connectivity index (χ0n) is 20.1. The Balaban J connectivity index is 1.61. The van der Waals surface area contributed by atoms with Crippen LogP contribution in [0.1, 0.15) is 32.7 Å². The largest absolute Gasteiger partial charge is 0.384 e. The Kier molecular flexibility index (Phi) is 6.21. The van der Waals surface area contributed by atoms with Crippen molar-refractivity contribution in [3.8, 4) is 11.3 Å². The summed E-state index contributed by atoms with van der Waals surface area (Å²) >= 11 is 0. The zero-order valence-corrected chi connectivity index (χ0v) is 20.1. The molecule has 4 aromatic heterocycles. The number of aromatic amines is 1. The fourth-order valence-corrected chi connectivity index (χ4v) is 4.59. The first-order valence-electron chi connectivity index (χ1n) is 11.7. The molecular weight excluding hydrogens is 480 g/mol. The molecule has 0 radical (unpaired) electrons. The van der Waals surface area contributed by atoms with Gasteiger partial charge < -0.3 is 10.0 Å². The SMILES string of the molecule is CC(=O)Nc1ncc(-c2ccc3ncc4c(=O)[nH]c(=O)n(C5CCN(C(=O)[C@@H](C)O)CC5)c4c3n2)cn1. The molecule has 0 saturated carbocycles. The van der Waals surface area contributed by atoms with E-state index in [0.29, 0.717) is 53.7 Å². The van der Waals surface area contributed by atoms with Gasteiger partial charge in [0.2, 0.25) is 11.9 Å². The van der Waals surface area contributed by atoms with Crippen LogP contribution in [0.15, 0.2) is 40.3 Å². The Morgan fingerprint density at radius 3 is 2.46 bits per heavy atom. The van der Waals surface area contributed by atoms with Gasteiger partial charge in [0.15, 0.2) is 0 Å². The maximum absolute atomic E-state index is 13.1. The van der Waals surface area contributed by atoms with Crippen LogP contribution in [0.25, 0.3) is 33.2 Å². The standard InChI is InChI=1S/C24H24N8O5/c1-12(33)22(36)31-7-5-15(6-8-31)32-20-16(21(35)30-24(32)37)11-25-18-4-3-17(29-19(18)20)14-9-26-23(27-10-14)28-13(2)34/h3-4,9-12,15,33H,5-8H2,1-2H3,(H,30,35,37)(H,26,27,28,34)/t12-/m1/s1. The predicted octanol–water partition coefficient (Wildman–Crippen LogP) is 0.593. The molecule has 2 amide bonds. The van der Waals surface area contributed by atoms with Crippen molar-refractivity contribution in [3.05, 3.63) is 51.6 Å². The molecule has 3 N–H and O–H groups in total. The Bertz CT molecular complexity index is 1640. The Labute approximate surface area is 209 Å². The quantitative estimate of drug-likeness (QED) is 0.336. The van der Waals surface area contributed by atoms with E-state index in [0.717, 1.165) is 0 Å². The van der Waals surface area contributed by atoms with Crippen molar-refractivity contribution < 1.29 is 14.7 Å². The monoisotopic (exact) mass is 504 g/mol. The van der Waals surface area contributed by atoms with E-state index in [1.807, 2.05) is 0 Å². The first-order valence-corrected chi connectivity index (χ1v) is 11.7. The minimum atomic E-state index is -1.10. The summed E-state index contributed by atoms with van der Waals surface area (Å²) in [7, 11) is 0. The van der Waals surface area contributed by atoms with Crippen molar-refractivity contribution in [3.63, 3.8) is 0 Å². The number of pyridine rings is 2. The number of aromatic nitrogens is 6. The lowest BCUT2D eigenvalue weighted by Crippen LogP contribution is -2.45. The summed E-state index contributed by atoms with van der Waals surface area (Å²) in [6.07, 6.45) is 4.27. The first-order chi connectivity index (χ1) is 17.7. The number of rotatable bonds is 4. The average Bonchev–Trinajstić information content (AvgIpc) is 2.88. The van der Waals surface area contributed by atoms with Crippen molar-refractivity contribution in [1.29, 1.82) is 0 Å². The fraction of sp³-hybridized carbons (Fsp3) is 0.333. The number of piperidine rings is 1. The summed E-state index contributed by atoms with van der Waals surface area (Å²) in [5, 5.41) is 12.4. The van der Waals surface area contributed by atoms with E-state index in [2.05, 4.69) is 25.3 Å². The van der Waals surface area contributed by atoms with E-state index >= 15 is 0 Å². The lowest BCUT2D eigenvalue weighted by atomic mass is 10.0. The van der Waals surface area contributed by atoms with E-state index < -0.39 is 17.4 Å². The van der Waals surface area contributed by atoms with Crippen molar-refractivity contribution in [1.82, 2.24) is 34.4 Å². The Morgan fingerprint density at radius 1 is 1.11 bits per heavy atom. The summed E-state index contributed by atoms with van der Waals surface area (Å²) in [4.78, 5) is 70.5. The maximum Gasteiger partial charge on any atom is 0.329 e. The molecule has 0 aromatic carbocycles. The molecule has 1 aliphatic heterocycles. The molecule has 1 aliphatic rings. The molecule has 0 bridgehead atoms. The van der Waals surface area contributed by atoms with E-state index in [1.54, 1.807) is 17.0 Å². The number of H-pyrrole nitrogens is 1. The molecule has 0 spiro atoms. The highest BCUT2D eigenvalue weighted by molar-refractivity contribution is 6.01. The molecule has 37 heavy (non-hydrogen) atoms. The lowest BCUT2D eigenvalue weighted by molar-refractivity contribution is -0.140. The van der Waals surface area contributed by atoms with Crippen LogP contribution in [-0.2, 0) is 9.59 Å². The van der Waals surface area contributed by atoms with Crippen LogP contribution in [0.4, 0.5) is 5.95 Å². The second-order valence-corrected chi connectivity index (χ2v) is 8.92. The molecule has 0 unspecified atom stereocenters. The normalized spacial score (nSPS) is 15.2. The van der Waals surface area contributed by atoms with Gasteiger partial charge in [-0.3, -0.25) is 34.2 Å². The minimum Gasteiger partial charge on any atom is -0.384 e. The van der Waals surface area contributed by atoms with Gasteiger partial charge >= 0.3 is 5.69 Å². The number of nitrogens with zero attached hydrogens (tertiary/aromatic N) is 6. The first kappa shape index (κ1) is 24.2. The molecule has 190 valence electrons. The number of nitrogens with one attached hydrogen (secondary N) is 2. The summed E-state index contributed by atoms with van der Waals surface area (Å²) in [6, 6.07) is 3.16. The maximum atomic E-state index is 13.1. The highest BCUT2D eigenvalue weighted by Crippen LogP contribution is 2.28. The minimum absolute atomic E-state index is 0.157. The third-order valence-electron chi connectivity index (χ3n) is 6.35. The smallest absolute Gasteiger partial charge is 0.329 e. The van der Waals surface area contributed by atoms with Crippen LogP contribution >= 0.6 is 0 Å². The molecule has 5 rings (SSSR count). The van der Waals surface area contributed by atoms with Gasteiger partial charge in [0.25, 0.3) is 11.5 Å². The summed E-state index contributed by atoms with van der Waals surface area (Å²) in [5.41, 5.74) is 1.14. The number of amides is 2. The predicted molar refractivity (Wildman–Crippen MR) is 134 cm³/mol. The van der Waals surface area contributed by atoms with Gasteiger partial charge in [-0.05, 0) is 31.9 Å². The number of hydrogen-bond donors (Lipinski definition) is 3. The second-order valence-electron chi connectivity index (χ2n) is 8.92. The number of hydrogen-bond acceptors (Lipinski definition) is 9. The topological polar surface area (TPSA) is 176 Å². The second kappa shape index (κ2) is 9.50. The molecule has 0 aliphatic carbocycles. The van der Waals surface area contributed by atoms with E-state index in [4.69, 9.17) is 4.98 Å². The summed E-state index contributed by atoms with van der Waals surface area (Å²) < 4.78 is 1.53. The van der Waals surface area contributed by atoms with Crippen LogP contribution in [0.3, 0.4) is 0 Å². The van der Waals surface area contributed by atoms with Gasteiger partial charge in [-0.1, -0.05) is 0 Å². The van der Waals surface area contributed by atoms with Crippen LogP contribution in [0.5, 0.6) is 0 Å². The highest BCUT2D eigenvalue weighted by atomic mass is 16.3.